The van der Waals surface area contributed by atoms with Gasteiger partial charge >= 0.3 is 0 Å². The minimum atomic E-state index is 0.682. The van der Waals surface area contributed by atoms with Gasteiger partial charge in [-0.15, -0.1) is 0 Å². The lowest BCUT2D eigenvalue weighted by Crippen LogP contribution is -2.00. The predicted octanol–water partition coefficient (Wildman–Crippen LogP) is 3.19. The first-order valence-corrected chi connectivity index (χ1v) is 6.00. The summed E-state index contributed by atoms with van der Waals surface area (Å²) in [5.74, 6) is 1.66. The van der Waals surface area contributed by atoms with Crippen LogP contribution >= 0.6 is 11.6 Å². The van der Waals surface area contributed by atoms with Crippen molar-refractivity contribution in [1.29, 1.82) is 0 Å². The number of hydrogen-bond acceptors (Lipinski definition) is 2. The van der Waals surface area contributed by atoms with Crippen LogP contribution in [0.4, 0.5) is 5.82 Å². The van der Waals surface area contributed by atoms with Crippen molar-refractivity contribution in [2.24, 2.45) is 7.05 Å². The van der Waals surface area contributed by atoms with Gasteiger partial charge in [0.25, 0.3) is 0 Å². The van der Waals surface area contributed by atoms with Gasteiger partial charge in [-0.3, -0.25) is 0 Å². The van der Waals surface area contributed by atoms with Gasteiger partial charge in [0, 0.05) is 24.1 Å². The molecule has 3 nitrogen and oxygen atoms in total. The van der Waals surface area contributed by atoms with Gasteiger partial charge in [0.2, 0.25) is 0 Å². The largest absolute Gasteiger partial charge is 0.383 e. The van der Waals surface area contributed by atoms with Gasteiger partial charge in [0.15, 0.2) is 0 Å². The molecule has 0 fully saturated rings. The zero-order valence-corrected chi connectivity index (χ0v) is 11.0. The highest BCUT2D eigenvalue weighted by Gasteiger charge is 2.13. The number of anilines is 1. The fraction of sp³-hybridized carbons (Fsp3) is 0.308. The molecule has 1 aromatic carbocycles. The summed E-state index contributed by atoms with van der Waals surface area (Å²) in [5.41, 5.74) is 8.89. The Hall–Kier alpha value is -1.48. The number of aryl methyl sites for hydroxylation is 2. The van der Waals surface area contributed by atoms with E-state index < -0.39 is 0 Å². The molecule has 2 aromatic rings. The third-order valence-corrected chi connectivity index (χ3v) is 3.40. The monoisotopic (exact) mass is 249 g/mol. The van der Waals surface area contributed by atoms with Crippen LogP contribution in [-0.2, 0) is 13.5 Å². The second-order valence-corrected chi connectivity index (χ2v) is 4.55. The third-order valence-electron chi connectivity index (χ3n) is 2.99. The Bertz CT molecular complexity index is 558. The number of rotatable bonds is 2. The second kappa shape index (κ2) is 4.41. The molecule has 0 saturated heterocycles. The Kier molecular flexibility index (Phi) is 3.11. The molecule has 0 saturated carbocycles. The number of benzene rings is 1. The lowest BCUT2D eigenvalue weighted by molar-refractivity contribution is 0.816. The molecule has 17 heavy (non-hydrogen) atoms. The Morgan fingerprint density at radius 3 is 2.65 bits per heavy atom. The highest BCUT2D eigenvalue weighted by atomic mass is 35.5. The number of halogens is 1. The minimum Gasteiger partial charge on any atom is -0.383 e. The summed E-state index contributed by atoms with van der Waals surface area (Å²) < 4.78 is 1.92. The molecule has 0 amide bonds. The molecule has 90 valence electrons. The number of aromatic nitrogens is 2. The van der Waals surface area contributed by atoms with E-state index in [1.54, 1.807) is 0 Å². The van der Waals surface area contributed by atoms with Gasteiger partial charge in [-0.2, -0.15) is 0 Å². The minimum absolute atomic E-state index is 0.682. The molecule has 0 unspecified atom stereocenters. The zero-order valence-electron chi connectivity index (χ0n) is 10.3. The molecule has 0 spiro atoms. The number of imidazole rings is 1. The van der Waals surface area contributed by atoms with Crippen molar-refractivity contribution in [3.8, 4) is 11.3 Å². The molecule has 0 aliphatic carbocycles. The number of nitrogen functional groups attached to an aromatic ring is 1. The average molecular weight is 250 g/mol. The number of nitrogens with two attached hydrogens (primary N) is 1. The Morgan fingerprint density at radius 1 is 1.41 bits per heavy atom. The van der Waals surface area contributed by atoms with Crippen molar-refractivity contribution in [3.63, 3.8) is 0 Å². The quantitative estimate of drug-likeness (QED) is 0.888. The maximum Gasteiger partial charge on any atom is 0.131 e. The molecular formula is C13H16ClN3. The molecule has 0 bridgehead atoms. The molecular weight excluding hydrogens is 234 g/mol. The molecule has 2 N–H and O–H groups in total. The van der Waals surface area contributed by atoms with Crippen LogP contribution in [0.25, 0.3) is 11.3 Å². The molecule has 4 heteroatoms. The van der Waals surface area contributed by atoms with Gasteiger partial charge < -0.3 is 10.3 Å². The SMILES string of the molecule is CCc1nc(-c2ccc(C)c(Cl)c2)c(N)n1C. The van der Waals surface area contributed by atoms with Crippen LogP contribution < -0.4 is 5.73 Å². The summed E-state index contributed by atoms with van der Waals surface area (Å²) in [4.78, 5) is 4.55. The Balaban J connectivity index is 2.56. The second-order valence-electron chi connectivity index (χ2n) is 4.14. The smallest absolute Gasteiger partial charge is 0.131 e. The van der Waals surface area contributed by atoms with E-state index in [-0.39, 0.29) is 0 Å². The first-order chi connectivity index (χ1) is 8.04. The van der Waals surface area contributed by atoms with Gasteiger partial charge in [-0.1, -0.05) is 30.7 Å². The maximum absolute atomic E-state index is 6.12. The molecule has 1 aromatic heterocycles. The first-order valence-electron chi connectivity index (χ1n) is 5.62. The lowest BCUT2D eigenvalue weighted by Gasteiger charge is -2.03. The van der Waals surface area contributed by atoms with Crippen LogP contribution in [0.3, 0.4) is 0 Å². The summed E-state index contributed by atoms with van der Waals surface area (Å²) in [5, 5.41) is 0.741. The third kappa shape index (κ3) is 2.03. The normalized spacial score (nSPS) is 10.8. The van der Waals surface area contributed by atoms with E-state index in [1.165, 1.54) is 0 Å². The molecule has 0 atom stereocenters. The Labute approximate surface area is 106 Å². The van der Waals surface area contributed by atoms with Crippen molar-refractivity contribution in [2.45, 2.75) is 20.3 Å². The van der Waals surface area contributed by atoms with Gasteiger partial charge in [-0.05, 0) is 18.6 Å². The summed E-state index contributed by atoms with van der Waals surface area (Å²) in [6.45, 7) is 4.04. The molecule has 0 aliphatic heterocycles. The van der Waals surface area contributed by atoms with E-state index in [9.17, 15) is 0 Å². The van der Waals surface area contributed by atoms with Crippen molar-refractivity contribution in [3.05, 3.63) is 34.6 Å². The van der Waals surface area contributed by atoms with E-state index >= 15 is 0 Å². The van der Waals surface area contributed by atoms with Crippen LogP contribution in [0.15, 0.2) is 18.2 Å². The molecule has 0 aliphatic rings. The van der Waals surface area contributed by atoms with E-state index in [0.717, 1.165) is 34.1 Å². The maximum atomic E-state index is 6.12. The number of nitrogens with zero attached hydrogens (tertiary/aromatic N) is 2. The van der Waals surface area contributed by atoms with E-state index in [4.69, 9.17) is 17.3 Å². The highest BCUT2D eigenvalue weighted by molar-refractivity contribution is 6.31. The molecule has 2 rings (SSSR count). The van der Waals surface area contributed by atoms with Crippen LogP contribution in [0.5, 0.6) is 0 Å². The van der Waals surface area contributed by atoms with Crippen molar-refractivity contribution < 1.29 is 0 Å². The van der Waals surface area contributed by atoms with Crippen molar-refractivity contribution in [2.75, 3.05) is 5.73 Å². The fourth-order valence-electron chi connectivity index (χ4n) is 1.83. The first kappa shape index (κ1) is 12.0. The van der Waals surface area contributed by atoms with Crippen LogP contribution in [-0.4, -0.2) is 9.55 Å². The van der Waals surface area contributed by atoms with Gasteiger partial charge in [0.1, 0.15) is 17.3 Å². The zero-order chi connectivity index (χ0) is 12.6. The Morgan fingerprint density at radius 2 is 2.12 bits per heavy atom. The highest BCUT2D eigenvalue weighted by Crippen LogP contribution is 2.29. The summed E-state index contributed by atoms with van der Waals surface area (Å²) >= 11 is 6.12. The van der Waals surface area contributed by atoms with Crippen LogP contribution in [0.1, 0.15) is 18.3 Å². The summed E-state index contributed by atoms with van der Waals surface area (Å²) in [6, 6.07) is 5.89. The predicted molar refractivity (Wildman–Crippen MR) is 72.2 cm³/mol. The van der Waals surface area contributed by atoms with Crippen molar-refractivity contribution >= 4 is 17.4 Å². The van der Waals surface area contributed by atoms with Crippen LogP contribution in [0, 0.1) is 6.92 Å². The van der Waals surface area contributed by atoms with E-state index in [1.807, 2.05) is 36.7 Å². The topological polar surface area (TPSA) is 43.8 Å². The standard InChI is InChI=1S/C13H16ClN3/c1-4-11-16-12(13(15)17(11)3)9-6-5-8(2)10(14)7-9/h5-7H,4,15H2,1-3H3. The lowest BCUT2D eigenvalue weighted by atomic mass is 10.1. The molecule has 0 radical (unpaired) electrons. The van der Waals surface area contributed by atoms with Gasteiger partial charge in [-0.25, -0.2) is 4.98 Å². The summed E-state index contributed by atoms with van der Waals surface area (Å²) in [6.07, 6.45) is 0.861. The molecule has 1 heterocycles. The van der Waals surface area contributed by atoms with E-state index in [0.29, 0.717) is 5.82 Å². The van der Waals surface area contributed by atoms with Gasteiger partial charge in [0.05, 0.1) is 0 Å². The van der Waals surface area contributed by atoms with E-state index in [2.05, 4.69) is 11.9 Å². The van der Waals surface area contributed by atoms with Crippen LogP contribution in [0.2, 0.25) is 5.02 Å². The van der Waals surface area contributed by atoms with Crippen molar-refractivity contribution in [1.82, 2.24) is 9.55 Å². The fourth-order valence-corrected chi connectivity index (χ4v) is 2.01. The average Bonchev–Trinajstić information content (AvgIpc) is 2.60. The number of hydrogen-bond donors (Lipinski definition) is 1. The summed E-state index contributed by atoms with van der Waals surface area (Å²) in [7, 11) is 1.93.